The summed E-state index contributed by atoms with van der Waals surface area (Å²) in [4.78, 5) is 4.01. The normalized spacial score (nSPS) is 10.6. The molecule has 0 amide bonds. The van der Waals surface area contributed by atoms with Gasteiger partial charge in [0.05, 0.1) is 20.0 Å². The molecule has 0 aliphatic heterocycles. The smallest absolute Gasteiger partial charge is 0.161 e. The number of nitrogens with zero attached hydrogens (tertiary/aromatic N) is 2. The topological polar surface area (TPSA) is 48.3 Å². The van der Waals surface area contributed by atoms with Crippen LogP contribution < -0.4 is 14.8 Å². The highest BCUT2D eigenvalue weighted by atomic mass is 16.5. The van der Waals surface area contributed by atoms with E-state index in [0.29, 0.717) is 6.61 Å². The molecule has 0 aliphatic rings. The zero-order chi connectivity index (χ0) is 14.9. The minimum absolute atomic E-state index is 0.582. The number of aromatic nitrogens is 2. The first-order valence-electron chi connectivity index (χ1n) is 7.29. The molecule has 114 valence electrons. The van der Waals surface area contributed by atoms with Gasteiger partial charge in [0.2, 0.25) is 0 Å². The highest BCUT2D eigenvalue weighted by Gasteiger charge is 2.06. The third-order valence-corrected chi connectivity index (χ3v) is 3.15. The Morgan fingerprint density at radius 1 is 1.29 bits per heavy atom. The number of benzene rings is 1. The van der Waals surface area contributed by atoms with E-state index in [2.05, 4.69) is 23.3 Å². The Kier molecular flexibility index (Phi) is 6.09. The van der Waals surface area contributed by atoms with Crippen LogP contribution in [0.4, 0.5) is 0 Å². The Morgan fingerprint density at radius 3 is 2.90 bits per heavy atom. The summed E-state index contributed by atoms with van der Waals surface area (Å²) >= 11 is 0. The number of imidazole rings is 1. The predicted molar refractivity (Wildman–Crippen MR) is 82.7 cm³/mol. The summed E-state index contributed by atoms with van der Waals surface area (Å²) in [6.45, 7) is 5.37. The van der Waals surface area contributed by atoms with E-state index in [1.54, 1.807) is 19.6 Å². The van der Waals surface area contributed by atoms with E-state index in [4.69, 9.17) is 9.47 Å². The van der Waals surface area contributed by atoms with Crippen molar-refractivity contribution >= 4 is 0 Å². The van der Waals surface area contributed by atoms with Gasteiger partial charge in [-0.2, -0.15) is 0 Å². The highest BCUT2D eigenvalue weighted by molar-refractivity contribution is 5.42. The third kappa shape index (κ3) is 4.79. The Bertz CT molecular complexity index is 526. The van der Waals surface area contributed by atoms with Crippen LogP contribution in [-0.2, 0) is 13.1 Å². The van der Waals surface area contributed by atoms with E-state index >= 15 is 0 Å². The minimum atomic E-state index is 0.582. The van der Waals surface area contributed by atoms with Gasteiger partial charge in [0.15, 0.2) is 11.5 Å². The van der Waals surface area contributed by atoms with Crippen molar-refractivity contribution in [1.29, 1.82) is 0 Å². The van der Waals surface area contributed by atoms with Gasteiger partial charge in [-0.1, -0.05) is 13.0 Å². The first-order valence-corrected chi connectivity index (χ1v) is 7.29. The molecule has 1 aromatic carbocycles. The summed E-state index contributed by atoms with van der Waals surface area (Å²) in [5.74, 6) is 1.55. The average Bonchev–Trinajstić information content (AvgIpc) is 3.01. The van der Waals surface area contributed by atoms with Gasteiger partial charge in [-0.25, -0.2) is 4.98 Å². The zero-order valence-corrected chi connectivity index (χ0v) is 12.7. The standard InChI is InChI=1S/C16H23N3O2/c1-3-6-17-12-14-4-5-15(20-2)16(11-14)21-10-9-19-8-7-18-13-19/h4-5,7-8,11,13,17H,3,6,9-10,12H2,1-2H3. The molecular formula is C16H23N3O2. The molecule has 0 radical (unpaired) electrons. The third-order valence-electron chi connectivity index (χ3n) is 3.15. The van der Waals surface area contributed by atoms with Crippen molar-refractivity contribution in [3.05, 3.63) is 42.5 Å². The molecule has 0 aliphatic carbocycles. The molecule has 0 bridgehead atoms. The number of hydrogen-bond acceptors (Lipinski definition) is 4. The first kappa shape index (κ1) is 15.4. The zero-order valence-electron chi connectivity index (χ0n) is 12.7. The van der Waals surface area contributed by atoms with Crippen LogP contribution in [0.1, 0.15) is 18.9 Å². The monoisotopic (exact) mass is 289 g/mol. The van der Waals surface area contributed by atoms with E-state index in [9.17, 15) is 0 Å². The Morgan fingerprint density at radius 2 is 2.19 bits per heavy atom. The molecule has 0 saturated carbocycles. The second kappa shape index (κ2) is 8.32. The van der Waals surface area contributed by atoms with Crippen LogP contribution >= 0.6 is 0 Å². The van der Waals surface area contributed by atoms with Crippen molar-refractivity contribution < 1.29 is 9.47 Å². The van der Waals surface area contributed by atoms with Crippen molar-refractivity contribution in [1.82, 2.24) is 14.9 Å². The van der Waals surface area contributed by atoms with Crippen LogP contribution in [0.25, 0.3) is 0 Å². The number of ether oxygens (including phenoxy) is 2. The molecular weight excluding hydrogens is 266 g/mol. The molecule has 0 unspecified atom stereocenters. The molecule has 1 N–H and O–H groups in total. The summed E-state index contributed by atoms with van der Waals surface area (Å²) in [7, 11) is 1.66. The van der Waals surface area contributed by atoms with Gasteiger partial charge in [0.1, 0.15) is 6.61 Å². The van der Waals surface area contributed by atoms with E-state index < -0.39 is 0 Å². The maximum atomic E-state index is 5.85. The lowest BCUT2D eigenvalue weighted by Gasteiger charge is -2.13. The number of hydrogen-bond donors (Lipinski definition) is 1. The Balaban J connectivity index is 1.93. The molecule has 0 spiro atoms. The summed E-state index contributed by atoms with van der Waals surface area (Å²) in [5, 5.41) is 3.39. The average molecular weight is 289 g/mol. The first-order chi connectivity index (χ1) is 10.3. The second-order valence-electron chi connectivity index (χ2n) is 4.81. The van der Waals surface area contributed by atoms with Gasteiger partial charge in [0, 0.05) is 18.9 Å². The van der Waals surface area contributed by atoms with Gasteiger partial charge in [-0.3, -0.25) is 0 Å². The lowest BCUT2D eigenvalue weighted by molar-refractivity contribution is 0.279. The molecule has 21 heavy (non-hydrogen) atoms. The summed E-state index contributed by atoms with van der Waals surface area (Å²) in [6.07, 6.45) is 6.60. The lowest BCUT2D eigenvalue weighted by atomic mass is 10.2. The number of rotatable bonds is 9. The van der Waals surface area contributed by atoms with Crippen molar-refractivity contribution in [3.8, 4) is 11.5 Å². The quantitative estimate of drug-likeness (QED) is 0.720. The van der Waals surface area contributed by atoms with Gasteiger partial charge in [0.25, 0.3) is 0 Å². The summed E-state index contributed by atoms with van der Waals surface area (Å²) in [6, 6.07) is 6.05. The Labute approximate surface area is 125 Å². The van der Waals surface area contributed by atoms with Crippen LogP contribution in [0.15, 0.2) is 36.9 Å². The summed E-state index contributed by atoms with van der Waals surface area (Å²) < 4.78 is 13.2. The molecule has 5 heteroatoms. The molecule has 2 rings (SSSR count). The predicted octanol–water partition coefficient (Wildman–Crippen LogP) is 2.47. The van der Waals surface area contributed by atoms with Crippen LogP contribution in [0, 0.1) is 0 Å². The van der Waals surface area contributed by atoms with Crippen molar-refractivity contribution in [3.63, 3.8) is 0 Å². The highest BCUT2D eigenvalue weighted by Crippen LogP contribution is 2.28. The van der Waals surface area contributed by atoms with Crippen LogP contribution in [0.5, 0.6) is 11.5 Å². The SMILES string of the molecule is CCCNCc1ccc(OC)c(OCCn2ccnc2)c1. The molecule has 5 nitrogen and oxygen atoms in total. The van der Waals surface area contributed by atoms with Crippen molar-refractivity contribution in [2.45, 2.75) is 26.4 Å². The van der Waals surface area contributed by atoms with Crippen LogP contribution in [0.2, 0.25) is 0 Å². The van der Waals surface area contributed by atoms with Crippen molar-refractivity contribution in [2.24, 2.45) is 0 Å². The number of methoxy groups -OCH3 is 1. The van der Waals surface area contributed by atoms with E-state index in [0.717, 1.165) is 37.6 Å². The van der Waals surface area contributed by atoms with E-state index in [1.807, 2.05) is 22.9 Å². The largest absolute Gasteiger partial charge is 0.493 e. The fourth-order valence-electron chi connectivity index (χ4n) is 2.03. The molecule has 0 fully saturated rings. The molecule has 2 aromatic rings. The minimum Gasteiger partial charge on any atom is -0.493 e. The maximum absolute atomic E-state index is 5.85. The van der Waals surface area contributed by atoms with Crippen LogP contribution in [-0.4, -0.2) is 29.8 Å². The fraction of sp³-hybridized carbons (Fsp3) is 0.438. The van der Waals surface area contributed by atoms with Crippen LogP contribution in [0.3, 0.4) is 0 Å². The van der Waals surface area contributed by atoms with E-state index in [-0.39, 0.29) is 0 Å². The number of nitrogens with one attached hydrogen (secondary N) is 1. The Hall–Kier alpha value is -2.01. The lowest BCUT2D eigenvalue weighted by Crippen LogP contribution is -2.14. The van der Waals surface area contributed by atoms with Gasteiger partial charge < -0.3 is 19.4 Å². The molecule has 1 aromatic heterocycles. The fourth-order valence-corrected chi connectivity index (χ4v) is 2.03. The molecule has 1 heterocycles. The van der Waals surface area contributed by atoms with E-state index in [1.165, 1.54) is 5.56 Å². The molecule has 0 atom stereocenters. The molecule has 0 saturated heterocycles. The maximum Gasteiger partial charge on any atom is 0.161 e. The van der Waals surface area contributed by atoms with Gasteiger partial charge in [-0.05, 0) is 30.7 Å². The van der Waals surface area contributed by atoms with Gasteiger partial charge >= 0.3 is 0 Å². The summed E-state index contributed by atoms with van der Waals surface area (Å²) in [5.41, 5.74) is 1.20. The second-order valence-corrected chi connectivity index (χ2v) is 4.81. The van der Waals surface area contributed by atoms with Crippen molar-refractivity contribution in [2.75, 3.05) is 20.3 Å². The van der Waals surface area contributed by atoms with Gasteiger partial charge in [-0.15, -0.1) is 0 Å².